The van der Waals surface area contributed by atoms with Gasteiger partial charge in [0.25, 0.3) is 0 Å². The van der Waals surface area contributed by atoms with Crippen LogP contribution >= 0.6 is 0 Å². The Kier molecular flexibility index (Phi) is 5.22. The summed E-state index contributed by atoms with van der Waals surface area (Å²) in [5, 5.41) is 4.25. The van der Waals surface area contributed by atoms with Crippen LogP contribution in [0.5, 0.6) is 0 Å². The maximum absolute atomic E-state index is 12.5. The summed E-state index contributed by atoms with van der Waals surface area (Å²) in [5.41, 5.74) is 4.83. The molecule has 3 rings (SSSR count). The molecule has 0 aliphatic rings. The Hall–Kier alpha value is -2.55. The number of carbonyl (C=O) groups excluding carboxylic acids is 1. The molecule has 1 heterocycles. The number of aryl methyl sites for hydroxylation is 2. The van der Waals surface area contributed by atoms with Gasteiger partial charge in [-0.1, -0.05) is 55.0 Å². The van der Waals surface area contributed by atoms with Gasteiger partial charge in [0.1, 0.15) is 0 Å². The van der Waals surface area contributed by atoms with E-state index in [0.717, 1.165) is 13.0 Å². The average Bonchev–Trinajstić information content (AvgIpc) is 2.95. The minimum Gasteiger partial charge on any atom is -0.356 e. The molecule has 1 N–H and O–H groups in total. The summed E-state index contributed by atoms with van der Waals surface area (Å²) in [6.07, 6.45) is 3.59. The first-order valence-corrected chi connectivity index (χ1v) is 8.97. The Balaban J connectivity index is 2.05. The van der Waals surface area contributed by atoms with E-state index in [9.17, 15) is 4.79 Å². The van der Waals surface area contributed by atoms with Crippen molar-refractivity contribution >= 4 is 16.8 Å². The topological polar surface area (TPSA) is 34.0 Å². The molecule has 0 spiro atoms. The predicted octanol–water partition coefficient (Wildman–Crippen LogP) is 4.53. The molecule has 3 nitrogen and oxygen atoms in total. The molecule has 3 heteroatoms. The number of rotatable bonds is 6. The van der Waals surface area contributed by atoms with Crippen molar-refractivity contribution in [3.63, 3.8) is 0 Å². The Bertz CT molecular complexity index is 879. The van der Waals surface area contributed by atoms with Crippen LogP contribution in [0.4, 0.5) is 0 Å². The number of amides is 1. The zero-order valence-electron chi connectivity index (χ0n) is 15.3. The molecule has 0 aliphatic carbocycles. The largest absolute Gasteiger partial charge is 0.356 e. The molecule has 1 aromatic heterocycles. The van der Waals surface area contributed by atoms with Crippen LogP contribution in [0.25, 0.3) is 10.9 Å². The Morgan fingerprint density at radius 3 is 2.72 bits per heavy atom. The summed E-state index contributed by atoms with van der Waals surface area (Å²) >= 11 is 0. The number of para-hydroxylation sites is 1. The molecule has 0 saturated heterocycles. The lowest BCUT2D eigenvalue weighted by Gasteiger charge is -2.18. The quantitative estimate of drug-likeness (QED) is 0.706. The molecule has 1 unspecified atom stereocenters. The molecule has 0 aliphatic heterocycles. The van der Waals surface area contributed by atoms with Gasteiger partial charge in [-0.05, 0) is 30.5 Å². The van der Waals surface area contributed by atoms with Crippen LogP contribution in [-0.2, 0) is 11.8 Å². The van der Waals surface area contributed by atoms with Crippen molar-refractivity contribution in [2.24, 2.45) is 7.05 Å². The number of aromatic nitrogens is 1. The summed E-state index contributed by atoms with van der Waals surface area (Å²) in [6, 6.07) is 16.9. The molecule has 1 atom stereocenters. The lowest BCUT2D eigenvalue weighted by molar-refractivity contribution is -0.121. The van der Waals surface area contributed by atoms with Gasteiger partial charge in [0.15, 0.2) is 0 Å². The first-order valence-electron chi connectivity index (χ1n) is 8.97. The van der Waals surface area contributed by atoms with Gasteiger partial charge in [0.2, 0.25) is 5.91 Å². The summed E-state index contributed by atoms with van der Waals surface area (Å²) in [6.45, 7) is 4.90. The van der Waals surface area contributed by atoms with E-state index in [1.54, 1.807) is 0 Å². The maximum Gasteiger partial charge on any atom is 0.220 e. The predicted molar refractivity (Wildman–Crippen MR) is 104 cm³/mol. The smallest absolute Gasteiger partial charge is 0.220 e. The van der Waals surface area contributed by atoms with Crippen molar-refractivity contribution in [1.29, 1.82) is 0 Å². The monoisotopic (exact) mass is 334 g/mol. The van der Waals surface area contributed by atoms with Gasteiger partial charge in [-0.2, -0.15) is 0 Å². The first-order chi connectivity index (χ1) is 12.1. The summed E-state index contributed by atoms with van der Waals surface area (Å²) in [5.74, 6) is 0.171. The number of nitrogens with zero attached hydrogens (tertiary/aromatic N) is 1. The fraction of sp³-hybridized carbons (Fsp3) is 0.318. The fourth-order valence-corrected chi connectivity index (χ4v) is 3.47. The zero-order valence-corrected chi connectivity index (χ0v) is 15.3. The second kappa shape index (κ2) is 7.56. The number of fused-ring (bicyclic) bond motifs is 1. The first kappa shape index (κ1) is 17.3. The van der Waals surface area contributed by atoms with E-state index in [2.05, 4.69) is 85.5 Å². The van der Waals surface area contributed by atoms with Crippen molar-refractivity contribution in [3.05, 3.63) is 71.4 Å². The van der Waals surface area contributed by atoms with Crippen molar-refractivity contribution < 1.29 is 4.79 Å². The van der Waals surface area contributed by atoms with Crippen LogP contribution in [0, 0.1) is 6.92 Å². The number of benzene rings is 2. The number of carbonyl (C=O) groups is 1. The van der Waals surface area contributed by atoms with E-state index in [-0.39, 0.29) is 11.8 Å². The van der Waals surface area contributed by atoms with Gasteiger partial charge < -0.3 is 9.88 Å². The number of hydrogen-bond donors (Lipinski definition) is 1. The van der Waals surface area contributed by atoms with Crippen molar-refractivity contribution in [2.75, 3.05) is 6.54 Å². The molecule has 1 amide bonds. The van der Waals surface area contributed by atoms with Crippen molar-refractivity contribution in [1.82, 2.24) is 9.88 Å². The van der Waals surface area contributed by atoms with Gasteiger partial charge in [-0.15, -0.1) is 0 Å². The zero-order chi connectivity index (χ0) is 17.8. The third-order valence-electron chi connectivity index (χ3n) is 4.71. The van der Waals surface area contributed by atoms with Gasteiger partial charge >= 0.3 is 0 Å². The van der Waals surface area contributed by atoms with Gasteiger partial charge in [-0.25, -0.2) is 0 Å². The van der Waals surface area contributed by atoms with Crippen LogP contribution in [0.15, 0.2) is 54.7 Å². The highest BCUT2D eigenvalue weighted by atomic mass is 16.1. The third-order valence-corrected chi connectivity index (χ3v) is 4.71. The molecule has 0 saturated carbocycles. The molecule has 2 aromatic carbocycles. The molecule has 0 fully saturated rings. The summed E-state index contributed by atoms with van der Waals surface area (Å²) in [7, 11) is 2.07. The van der Waals surface area contributed by atoms with Gasteiger partial charge in [-0.3, -0.25) is 4.79 Å². The van der Waals surface area contributed by atoms with Crippen molar-refractivity contribution in [3.8, 4) is 0 Å². The molecular formula is C22H26N2O. The van der Waals surface area contributed by atoms with Crippen LogP contribution < -0.4 is 5.32 Å². The maximum atomic E-state index is 12.5. The van der Waals surface area contributed by atoms with Crippen LogP contribution in [0.2, 0.25) is 0 Å². The second-order valence-corrected chi connectivity index (χ2v) is 6.73. The average molecular weight is 334 g/mol. The highest BCUT2D eigenvalue weighted by molar-refractivity contribution is 5.86. The fourth-order valence-electron chi connectivity index (χ4n) is 3.47. The molecule has 0 bridgehead atoms. The van der Waals surface area contributed by atoms with E-state index in [4.69, 9.17) is 0 Å². The molecule has 25 heavy (non-hydrogen) atoms. The van der Waals surface area contributed by atoms with Crippen molar-refractivity contribution in [2.45, 2.75) is 32.6 Å². The normalized spacial score (nSPS) is 12.3. The van der Waals surface area contributed by atoms with E-state index in [1.165, 1.54) is 27.6 Å². The minimum atomic E-state index is 0.0582. The summed E-state index contributed by atoms with van der Waals surface area (Å²) < 4.78 is 2.15. The van der Waals surface area contributed by atoms with Crippen LogP contribution in [0.1, 0.15) is 42.4 Å². The molecule has 3 aromatic rings. The third kappa shape index (κ3) is 3.76. The lowest BCUT2D eigenvalue weighted by atomic mass is 9.87. The highest BCUT2D eigenvalue weighted by Gasteiger charge is 2.22. The van der Waals surface area contributed by atoms with E-state index >= 15 is 0 Å². The van der Waals surface area contributed by atoms with Crippen LogP contribution in [-0.4, -0.2) is 17.0 Å². The molecule has 130 valence electrons. The van der Waals surface area contributed by atoms with Gasteiger partial charge in [0.05, 0.1) is 0 Å². The Morgan fingerprint density at radius 1 is 1.16 bits per heavy atom. The second-order valence-electron chi connectivity index (χ2n) is 6.73. The Labute approximate surface area is 149 Å². The Morgan fingerprint density at radius 2 is 1.96 bits per heavy atom. The van der Waals surface area contributed by atoms with Crippen LogP contribution in [0.3, 0.4) is 0 Å². The van der Waals surface area contributed by atoms with E-state index < -0.39 is 0 Å². The van der Waals surface area contributed by atoms with E-state index in [0.29, 0.717) is 6.42 Å². The highest BCUT2D eigenvalue weighted by Crippen LogP contribution is 2.34. The number of hydrogen-bond acceptors (Lipinski definition) is 1. The van der Waals surface area contributed by atoms with E-state index in [1.807, 2.05) is 0 Å². The molecule has 0 radical (unpaired) electrons. The minimum absolute atomic E-state index is 0.0582. The standard InChI is InChI=1S/C22H26N2O/c1-4-12-23-22(25)14-19(17-9-7-8-16(2)13-17)20-15-24(3)21-11-6-5-10-18(20)21/h5-11,13,15,19H,4,12,14H2,1-3H3,(H,23,25). The molecular weight excluding hydrogens is 308 g/mol. The van der Waals surface area contributed by atoms with Gasteiger partial charge in [0, 0.05) is 43.0 Å². The summed E-state index contributed by atoms with van der Waals surface area (Å²) in [4.78, 5) is 12.5. The number of nitrogens with one attached hydrogen (secondary N) is 1. The lowest BCUT2D eigenvalue weighted by Crippen LogP contribution is -2.26. The SMILES string of the molecule is CCCNC(=O)CC(c1cccc(C)c1)c1cn(C)c2ccccc12.